The summed E-state index contributed by atoms with van der Waals surface area (Å²) in [5, 5.41) is 7.38. The Morgan fingerprint density at radius 1 is 1.35 bits per heavy atom. The Labute approximate surface area is 146 Å². The van der Waals surface area contributed by atoms with E-state index < -0.39 is 30.6 Å². The van der Waals surface area contributed by atoms with Crippen molar-refractivity contribution in [2.45, 2.75) is 44.9 Å². The second-order valence-corrected chi connectivity index (χ2v) is 5.67. The summed E-state index contributed by atoms with van der Waals surface area (Å²) in [4.78, 5) is 11.1. The number of aromatic nitrogens is 2. The lowest BCUT2D eigenvalue weighted by atomic mass is 10.00. The monoisotopic (exact) mass is 375 g/mol. The van der Waals surface area contributed by atoms with Gasteiger partial charge in [0.15, 0.2) is 0 Å². The maximum Gasteiger partial charge on any atom is 0.405 e. The largest absolute Gasteiger partial charge is 0.441 e. The van der Waals surface area contributed by atoms with E-state index >= 15 is 0 Å². The quantitative estimate of drug-likeness (QED) is 0.744. The molecule has 0 aliphatic heterocycles. The number of nitrogens with zero attached hydrogens (tertiary/aromatic N) is 2. The summed E-state index contributed by atoms with van der Waals surface area (Å²) < 4.78 is 61.1. The van der Waals surface area contributed by atoms with Crippen molar-refractivity contribution in [3.05, 3.63) is 46.9 Å². The van der Waals surface area contributed by atoms with Crippen LogP contribution in [0.4, 0.5) is 22.4 Å². The number of primary amides is 1. The van der Waals surface area contributed by atoms with Crippen LogP contribution in [-0.4, -0.2) is 22.5 Å². The Bertz CT molecular complexity index is 761. The number of ether oxygens (including phenoxy) is 1. The average Bonchev–Trinajstić information content (AvgIpc) is 2.92. The molecule has 1 aromatic heterocycles. The molecule has 1 heterocycles. The number of halogens is 4. The van der Waals surface area contributed by atoms with Crippen molar-refractivity contribution in [1.29, 1.82) is 0 Å². The van der Waals surface area contributed by atoms with Crippen molar-refractivity contribution < 1.29 is 31.5 Å². The molecule has 0 aliphatic carbocycles. The smallest absolute Gasteiger partial charge is 0.405 e. The molecule has 0 radical (unpaired) electrons. The molecule has 2 N–H and O–H groups in total. The van der Waals surface area contributed by atoms with Gasteiger partial charge < -0.3 is 14.9 Å². The fraction of sp³-hybridized carbons (Fsp3) is 0.438. The van der Waals surface area contributed by atoms with Crippen LogP contribution in [0.5, 0.6) is 0 Å². The topological polar surface area (TPSA) is 91.2 Å². The summed E-state index contributed by atoms with van der Waals surface area (Å²) in [6, 6.07) is 3.84. The summed E-state index contributed by atoms with van der Waals surface area (Å²) >= 11 is 0. The van der Waals surface area contributed by atoms with E-state index in [9.17, 15) is 22.4 Å². The predicted octanol–water partition coefficient (Wildman–Crippen LogP) is 3.78. The van der Waals surface area contributed by atoms with Crippen molar-refractivity contribution >= 4 is 6.09 Å². The zero-order valence-corrected chi connectivity index (χ0v) is 13.8. The molecular weight excluding hydrogens is 358 g/mol. The molecule has 2 aromatic rings. The van der Waals surface area contributed by atoms with Crippen LogP contribution in [0.1, 0.15) is 41.9 Å². The summed E-state index contributed by atoms with van der Waals surface area (Å²) in [6.45, 7) is 1.56. The van der Waals surface area contributed by atoms with Crippen LogP contribution in [-0.2, 0) is 17.6 Å². The molecule has 1 atom stereocenters. The van der Waals surface area contributed by atoms with Crippen LogP contribution >= 0.6 is 0 Å². The second-order valence-electron chi connectivity index (χ2n) is 5.67. The lowest BCUT2D eigenvalue weighted by Gasteiger charge is -2.17. The number of nitrogens with two attached hydrogens (primary N) is 1. The van der Waals surface area contributed by atoms with E-state index in [2.05, 4.69) is 10.2 Å². The average molecular weight is 375 g/mol. The first-order valence-electron chi connectivity index (χ1n) is 7.74. The first-order chi connectivity index (χ1) is 12.1. The van der Waals surface area contributed by atoms with Crippen LogP contribution in [0, 0.1) is 12.7 Å². The third-order valence-electron chi connectivity index (χ3n) is 3.52. The van der Waals surface area contributed by atoms with Crippen molar-refractivity contribution in [3.8, 4) is 0 Å². The number of hydrogen-bond acceptors (Lipinski definition) is 5. The highest BCUT2D eigenvalue weighted by molar-refractivity contribution is 5.65. The molecule has 0 bridgehead atoms. The molecule has 0 fully saturated rings. The molecule has 1 aromatic carbocycles. The highest BCUT2D eigenvalue weighted by Gasteiger charge is 2.26. The molecule has 6 nitrogen and oxygen atoms in total. The van der Waals surface area contributed by atoms with Gasteiger partial charge in [0.2, 0.25) is 11.8 Å². The molecule has 0 aliphatic rings. The minimum atomic E-state index is -4.25. The van der Waals surface area contributed by atoms with Gasteiger partial charge in [-0.15, -0.1) is 10.2 Å². The van der Waals surface area contributed by atoms with Crippen molar-refractivity contribution in [2.75, 3.05) is 0 Å². The molecule has 142 valence electrons. The summed E-state index contributed by atoms with van der Waals surface area (Å²) in [5.41, 5.74) is 5.48. The number of alkyl halides is 3. The molecule has 2 rings (SSSR count). The van der Waals surface area contributed by atoms with Gasteiger partial charge in [0.1, 0.15) is 11.9 Å². The number of aryl methyl sites for hydroxylation is 2. The normalized spacial score (nSPS) is 12.8. The molecular formula is C16H17F4N3O3. The van der Waals surface area contributed by atoms with Gasteiger partial charge in [-0.2, -0.15) is 13.2 Å². The zero-order valence-electron chi connectivity index (χ0n) is 13.8. The number of hydrogen-bond donors (Lipinski definition) is 1. The summed E-state index contributed by atoms with van der Waals surface area (Å²) in [6.07, 6.45) is -7.64. The van der Waals surface area contributed by atoms with Gasteiger partial charge in [-0.25, -0.2) is 9.18 Å². The van der Waals surface area contributed by atoms with Gasteiger partial charge in [0.25, 0.3) is 0 Å². The van der Waals surface area contributed by atoms with Gasteiger partial charge >= 0.3 is 12.3 Å². The fourth-order valence-electron chi connectivity index (χ4n) is 2.42. The van der Waals surface area contributed by atoms with Crippen molar-refractivity contribution in [2.24, 2.45) is 5.73 Å². The van der Waals surface area contributed by atoms with Crippen molar-refractivity contribution in [1.82, 2.24) is 10.2 Å². The molecule has 0 spiro atoms. The molecule has 26 heavy (non-hydrogen) atoms. The Kier molecular flexibility index (Phi) is 6.17. The Morgan fingerprint density at radius 2 is 2.08 bits per heavy atom. The van der Waals surface area contributed by atoms with Crippen molar-refractivity contribution in [3.63, 3.8) is 0 Å². The predicted molar refractivity (Wildman–Crippen MR) is 81.5 cm³/mol. The minimum absolute atomic E-state index is 0.0239. The first-order valence-corrected chi connectivity index (χ1v) is 7.74. The lowest BCUT2D eigenvalue weighted by molar-refractivity contribution is -0.135. The Hall–Kier alpha value is -2.65. The van der Waals surface area contributed by atoms with E-state index in [0.717, 1.165) is 6.07 Å². The van der Waals surface area contributed by atoms with Gasteiger partial charge in [-0.3, -0.25) is 0 Å². The fourth-order valence-corrected chi connectivity index (χ4v) is 2.42. The van der Waals surface area contributed by atoms with E-state index in [4.69, 9.17) is 14.9 Å². The van der Waals surface area contributed by atoms with E-state index in [1.807, 2.05) is 0 Å². The van der Waals surface area contributed by atoms with E-state index in [1.54, 1.807) is 6.92 Å². The number of carbonyl (C=O) groups is 1. The van der Waals surface area contributed by atoms with Crippen LogP contribution in [0.3, 0.4) is 0 Å². The van der Waals surface area contributed by atoms with Gasteiger partial charge in [0.05, 0.1) is 6.42 Å². The number of carbonyl (C=O) groups excluding carboxylic acids is 1. The number of rotatable bonds is 7. The minimum Gasteiger partial charge on any atom is -0.441 e. The second kappa shape index (κ2) is 8.15. The third-order valence-corrected chi connectivity index (χ3v) is 3.52. The maximum atomic E-state index is 14.2. The van der Waals surface area contributed by atoms with E-state index in [0.29, 0.717) is 5.56 Å². The zero-order chi connectivity index (χ0) is 19.3. The lowest BCUT2D eigenvalue weighted by Crippen LogP contribution is -2.20. The first kappa shape index (κ1) is 19.7. The van der Waals surface area contributed by atoms with Crippen LogP contribution in [0.2, 0.25) is 0 Å². The molecule has 10 heteroatoms. The third kappa shape index (κ3) is 6.01. The van der Waals surface area contributed by atoms with Gasteiger partial charge in [-0.05, 0) is 30.5 Å². The summed E-state index contributed by atoms with van der Waals surface area (Å²) in [5.74, 6) is -0.304. The molecule has 0 saturated carbocycles. The van der Waals surface area contributed by atoms with Crippen LogP contribution in [0.15, 0.2) is 22.6 Å². The number of benzene rings is 1. The Balaban J connectivity index is 2.19. The maximum absolute atomic E-state index is 14.2. The highest BCUT2D eigenvalue weighted by Crippen LogP contribution is 2.27. The van der Waals surface area contributed by atoms with Crippen LogP contribution in [0.25, 0.3) is 0 Å². The number of amides is 1. The Morgan fingerprint density at radius 3 is 2.65 bits per heavy atom. The summed E-state index contributed by atoms with van der Waals surface area (Å²) in [7, 11) is 0. The molecule has 1 amide bonds. The SMILES string of the molecule is Cc1nnc(CC(OC(N)=O)c2cc(CCCC(F)(F)F)ccc2F)o1. The highest BCUT2D eigenvalue weighted by atomic mass is 19.4. The molecule has 0 saturated heterocycles. The van der Waals surface area contributed by atoms with Gasteiger partial charge in [0, 0.05) is 18.9 Å². The van der Waals surface area contributed by atoms with E-state index in [-0.39, 0.29) is 36.6 Å². The van der Waals surface area contributed by atoms with E-state index in [1.165, 1.54) is 12.1 Å². The van der Waals surface area contributed by atoms with Crippen LogP contribution < -0.4 is 5.73 Å². The molecule has 1 unspecified atom stereocenters. The van der Waals surface area contributed by atoms with Gasteiger partial charge in [-0.1, -0.05) is 6.07 Å². The standard InChI is InChI=1S/C16H17F4N3O3/c1-9-22-23-14(25-9)8-13(26-15(21)24)11-7-10(4-5-12(11)17)3-2-6-16(18,19)20/h4-5,7,13H,2-3,6,8H2,1H3,(H2,21,24).